The van der Waals surface area contributed by atoms with Gasteiger partial charge in [0.2, 0.25) is 11.8 Å². The van der Waals surface area contributed by atoms with Crippen molar-refractivity contribution in [1.82, 2.24) is 10.9 Å². The molecular weight excluding hydrogens is 400 g/mol. The quantitative estimate of drug-likeness (QED) is 0.387. The van der Waals surface area contributed by atoms with E-state index in [1.807, 2.05) is 25.1 Å². The molecule has 28 heavy (non-hydrogen) atoms. The van der Waals surface area contributed by atoms with E-state index >= 15 is 0 Å². The van der Waals surface area contributed by atoms with Gasteiger partial charge in [0, 0.05) is 22.8 Å². The molecule has 0 bridgehead atoms. The lowest BCUT2D eigenvalue weighted by atomic mass is 10.0. The summed E-state index contributed by atoms with van der Waals surface area (Å²) in [6.07, 6.45) is -0.0262. The third-order valence-electron chi connectivity index (χ3n) is 3.76. The van der Waals surface area contributed by atoms with Crippen LogP contribution in [0.25, 0.3) is 0 Å². The minimum absolute atomic E-state index is 0.0149. The van der Waals surface area contributed by atoms with Crippen molar-refractivity contribution in [2.24, 2.45) is 0 Å². The van der Waals surface area contributed by atoms with E-state index in [0.29, 0.717) is 16.3 Å². The molecule has 0 fully saturated rings. The molecule has 0 spiro atoms. The number of nitrogens with one attached hydrogen (secondary N) is 2. The third kappa shape index (κ3) is 6.90. The summed E-state index contributed by atoms with van der Waals surface area (Å²) in [4.78, 5) is 36.9. The van der Waals surface area contributed by atoms with E-state index in [1.165, 1.54) is 18.9 Å². The highest BCUT2D eigenvalue weighted by Gasteiger charge is 2.14. The average molecular weight is 421 g/mol. The first-order valence-electron chi connectivity index (χ1n) is 8.53. The minimum atomic E-state index is -0.440. The van der Waals surface area contributed by atoms with Crippen LogP contribution in [-0.2, 0) is 9.59 Å². The molecule has 8 heteroatoms. The number of carbonyl (C=O) groups excluding carboxylic acids is 3. The molecule has 2 N–H and O–H groups in total. The van der Waals surface area contributed by atoms with Gasteiger partial charge in [-0.05, 0) is 43.3 Å². The van der Waals surface area contributed by atoms with Gasteiger partial charge in [0.15, 0.2) is 5.78 Å². The van der Waals surface area contributed by atoms with Crippen molar-refractivity contribution in [3.8, 4) is 5.75 Å². The molecule has 6 nitrogen and oxygen atoms in total. The number of thioether (sulfide) groups is 1. The second kappa shape index (κ2) is 10.7. The van der Waals surface area contributed by atoms with E-state index in [-0.39, 0.29) is 30.3 Å². The Morgan fingerprint density at radius 1 is 1.00 bits per heavy atom. The van der Waals surface area contributed by atoms with Crippen LogP contribution in [0.4, 0.5) is 0 Å². The van der Waals surface area contributed by atoms with E-state index in [9.17, 15) is 14.4 Å². The Morgan fingerprint density at radius 2 is 1.68 bits per heavy atom. The number of ether oxygens (including phenoxy) is 1. The zero-order valence-electron chi connectivity index (χ0n) is 15.6. The maximum absolute atomic E-state index is 12.3. The first kappa shape index (κ1) is 21.8. The lowest BCUT2D eigenvalue weighted by molar-refractivity contribution is -0.127. The molecule has 0 atom stereocenters. The summed E-state index contributed by atoms with van der Waals surface area (Å²) < 4.78 is 5.19. The highest BCUT2D eigenvalue weighted by molar-refractivity contribution is 8.00. The molecule has 0 saturated carbocycles. The molecule has 0 saturated heterocycles. The lowest BCUT2D eigenvalue weighted by Gasteiger charge is -2.09. The molecule has 0 aromatic heterocycles. The van der Waals surface area contributed by atoms with Crippen LogP contribution in [0.3, 0.4) is 0 Å². The summed E-state index contributed by atoms with van der Waals surface area (Å²) in [5.41, 5.74) is 6.03. The first-order chi connectivity index (χ1) is 13.4. The van der Waals surface area contributed by atoms with E-state index in [1.54, 1.807) is 24.3 Å². The monoisotopic (exact) mass is 420 g/mol. The van der Waals surface area contributed by atoms with Gasteiger partial charge in [-0.3, -0.25) is 25.2 Å². The lowest BCUT2D eigenvalue weighted by Crippen LogP contribution is -2.42. The van der Waals surface area contributed by atoms with Crippen LogP contribution in [0.15, 0.2) is 47.4 Å². The predicted molar refractivity (Wildman–Crippen MR) is 110 cm³/mol. The Kier molecular flexibility index (Phi) is 8.35. The van der Waals surface area contributed by atoms with Gasteiger partial charge in [0.25, 0.3) is 0 Å². The molecule has 0 aliphatic heterocycles. The number of ketones is 1. The predicted octanol–water partition coefficient (Wildman–Crippen LogP) is 3.56. The molecule has 2 aromatic rings. The summed E-state index contributed by atoms with van der Waals surface area (Å²) in [6, 6.07) is 12.4. The van der Waals surface area contributed by atoms with Gasteiger partial charge < -0.3 is 4.74 Å². The van der Waals surface area contributed by atoms with E-state index < -0.39 is 5.91 Å². The third-order valence-corrected chi connectivity index (χ3v) is 5.02. The van der Waals surface area contributed by atoms with Crippen LogP contribution < -0.4 is 15.6 Å². The van der Waals surface area contributed by atoms with Crippen LogP contribution >= 0.6 is 23.4 Å². The summed E-state index contributed by atoms with van der Waals surface area (Å²) in [6.45, 7) is 1.88. The van der Waals surface area contributed by atoms with Crippen LogP contribution in [0.2, 0.25) is 5.02 Å². The van der Waals surface area contributed by atoms with E-state index in [4.69, 9.17) is 16.3 Å². The number of methoxy groups -OCH3 is 1. The van der Waals surface area contributed by atoms with Gasteiger partial charge >= 0.3 is 0 Å². The van der Waals surface area contributed by atoms with Crippen molar-refractivity contribution in [3.05, 3.63) is 58.6 Å². The van der Waals surface area contributed by atoms with Gasteiger partial charge in [-0.1, -0.05) is 23.2 Å². The van der Waals surface area contributed by atoms with Gasteiger partial charge in [-0.25, -0.2) is 0 Å². The number of rotatable bonds is 8. The largest absolute Gasteiger partial charge is 0.496 e. The number of hydrazine groups is 1. The maximum atomic E-state index is 12.3. The molecule has 0 unspecified atom stereocenters. The van der Waals surface area contributed by atoms with E-state index in [0.717, 1.165) is 10.5 Å². The SMILES string of the molecule is COc1ccc(C)cc1C(=O)CCC(=O)NNC(=O)CSc1ccc(Cl)cc1. The second-order valence-electron chi connectivity index (χ2n) is 5.97. The average Bonchev–Trinajstić information content (AvgIpc) is 2.69. The smallest absolute Gasteiger partial charge is 0.248 e. The van der Waals surface area contributed by atoms with Gasteiger partial charge in [-0.2, -0.15) is 0 Å². The zero-order chi connectivity index (χ0) is 20.5. The summed E-state index contributed by atoms with van der Waals surface area (Å²) in [5, 5.41) is 0.624. The number of aryl methyl sites for hydroxylation is 1. The Labute approximate surface area is 173 Å². The molecule has 0 aliphatic carbocycles. The molecule has 2 aromatic carbocycles. The van der Waals surface area contributed by atoms with Crippen LogP contribution in [0.5, 0.6) is 5.75 Å². The topological polar surface area (TPSA) is 84.5 Å². The number of Topliss-reactive ketones (excluding diaryl/α,β-unsaturated/α-hetero) is 1. The zero-order valence-corrected chi connectivity index (χ0v) is 17.2. The second-order valence-corrected chi connectivity index (χ2v) is 7.45. The fraction of sp³-hybridized carbons (Fsp3) is 0.250. The molecule has 0 heterocycles. The molecule has 148 valence electrons. The van der Waals surface area contributed by atoms with E-state index in [2.05, 4.69) is 10.9 Å². The van der Waals surface area contributed by atoms with Crippen molar-refractivity contribution in [1.29, 1.82) is 0 Å². The molecule has 0 aliphatic rings. The Morgan fingerprint density at radius 3 is 2.36 bits per heavy atom. The van der Waals surface area contributed by atoms with Crippen LogP contribution in [0.1, 0.15) is 28.8 Å². The van der Waals surface area contributed by atoms with Gasteiger partial charge in [0.05, 0.1) is 18.4 Å². The number of hydrogen-bond donors (Lipinski definition) is 2. The fourth-order valence-corrected chi connectivity index (χ4v) is 3.14. The molecular formula is C20H21ClN2O4S. The Balaban J connectivity index is 1.73. The van der Waals surface area contributed by atoms with Gasteiger partial charge in [0.1, 0.15) is 5.75 Å². The highest BCUT2D eigenvalue weighted by atomic mass is 35.5. The fourth-order valence-electron chi connectivity index (χ4n) is 2.32. The maximum Gasteiger partial charge on any atom is 0.248 e. The number of halogens is 1. The summed E-state index contributed by atoms with van der Waals surface area (Å²) in [7, 11) is 1.49. The van der Waals surface area contributed by atoms with Crippen molar-refractivity contribution < 1.29 is 19.1 Å². The number of carbonyl (C=O) groups is 3. The number of amides is 2. The number of benzene rings is 2. The molecule has 2 amide bonds. The Hall–Kier alpha value is -2.51. The first-order valence-corrected chi connectivity index (χ1v) is 9.89. The van der Waals surface area contributed by atoms with Crippen molar-refractivity contribution in [2.75, 3.05) is 12.9 Å². The van der Waals surface area contributed by atoms with Crippen LogP contribution in [-0.4, -0.2) is 30.5 Å². The van der Waals surface area contributed by atoms with Crippen LogP contribution in [0, 0.1) is 6.92 Å². The molecule has 0 radical (unpaired) electrons. The highest BCUT2D eigenvalue weighted by Crippen LogP contribution is 2.22. The Bertz CT molecular complexity index is 856. The summed E-state index contributed by atoms with van der Waals surface area (Å²) >= 11 is 7.13. The minimum Gasteiger partial charge on any atom is -0.496 e. The van der Waals surface area contributed by atoms with Crippen molar-refractivity contribution in [2.45, 2.75) is 24.7 Å². The summed E-state index contributed by atoms with van der Waals surface area (Å²) in [5.74, 6) is -0.366. The van der Waals surface area contributed by atoms with Crippen molar-refractivity contribution >= 4 is 41.0 Å². The van der Waals surface area contributed by atoms with Crippen molar-refractivity contribution in [3.63, 3.8) is 0 Å². The van der Waals surface area contributed by atoms with Gasteiger partial charge in [-0.15, -0.1) is 11.8 Å². The normalized spacial score (nSPS) is 10.2. The standard InChI is InChI=1S/C20H21ClN2O4S/c1-13-3-9-18(27-2)16(11-13)17(24)8-10-19(25)22-23-20(26)12-28-15-6-4-14(21)5-7-15/h3-7,9,11H,8,10,12H2,1-2H3,(H,22,25)(H,23,26). The molecule has 2 rings (SSSR count). The number of hydrogen-bond acceptors (Lipinski definition) is 5.